The van der Waals surface area contributed by atoms with Gasteiger partial charge in [-0.15, -0.1) is 0 Å². The van der Waals surface area contributed by atoms with Gasteiger partial charge < -0.3 is 15.4 Å². The first-order chi connectivity index (χ1) is 14.5. The van der Waals surface area contributed by atoms with Gasteiger partial charge in [0.2, 0.25) is 0 Å². The van der Waals surface area contributed by atoms with Crippen LogP contribution in [0.15, 0.2) is 84.9 Å². The van der Waals surface area contributed by atoms with Crippen LogP contribution in [0.5, 0.6) is 0 Å². The fourth-order valence-corrected chi connectivity index (χ4v) is 3.01. The fourth-order valence-electron chi connectivity index (χ4n) is 3.01. The van der Waals surface area contributed by atoms with Crippen LogP contribution in [0.25, 0.3) is 0 Å². The lowest BCUT2D eigenvalue weighted by atomic mass is 10.0. The molecule has 0 aliphatic carbocycles. The summed E-state index contributed by atoms with van der Waals surface area (Å²) in [7, 11) is 0. The van der Waals surface area contributed by atoms with Crippen LogP contribution in [0.2, 0.25) is 0 Å². The zero-order valence-electron chi connectivity index (χ0n) is 17.2. The maximum absolute atomic E-state index is 12.8. The molecule has 0 bridgehead atoms. The second kappa shape index (κ2) is 10.3. The third-order valence-electron chi connectivity index (χ3n) is 4.49. The maximum atomic E-state index is 12.8. The molecule has 0 saturated carbocycles. The van der Waals surface area contributed by atoms with Crippen molar-refractivity contribution < 1.29 is 14.3 Å². The van der Waals surface area contributed by atoms with E-state index in [1.165, 1.54) is 0 Å². The highest BCUT2D eigenvalue weighted by molar-refractivity contribution is 5.89. The molecule has 2 amide bonds. The minimum Gasteiger partial charge on any atom is -0.449 e. The number of benzene rings is 3. The summed E-state index contributed by atoms with van der Waals surface area (Å²) in [6.45, 7) is 4.18. The first kappa shape index (κ1) is 21.1. The zero-order valence-corrected chi connectivity index (χ0v) is 17.2. The summed E-state index contributed by atoms with van der Waals surface area (Å²) in [5.41, 5.74) is 3.18. The van der Waals surface area contributed by atoms with Crippen LogP contribution >= 0.6 is 0 Å². The molecule has 0 unspecified atom stereocenters. The molecule has 0 atom stereocenters. The quantitative estimate of drug-likeness (QED) is 0.556. The van der Waals surface area contributed by atoms with E-state index in [9.17, 15) is 9.59 Å². The summed E-state index contributed by atoms with van der Waals surface area (Å²) in [5, 5.41) is 5.56. The average Bonchev–Trinajstić information content (AvgIpc) is 2.77. The molecule has 5 nitrogen and oxygen atoms in total. The predicted molar refractivity (Wildman–Crippen MR) is 117 cm³/mol. The molecule has 0 heterocycles. The molecule has 0 fully saturated rings. The van der Waals surface area contributed by atoms with Gasteiger partial charge in [0, 0.05) is 12.6 Å². The number of esters is 1. The van der Waals surface area contributed by atoms with E-state index < -0.39 is 12.1 Å². The van der Waals surface area contributed by atoms with Crippen LogP contribution in [-0.4, -0.2) is 18.0 Å². The standard InChI is InChI=1S/C25H26N2O3/c1-18(2)27-25(29)26-17-19-13-15-22(16-14-19)24(28)30-23(20-9-5-3-6-10-20)21-11-7-4-8-12-21/h3-16,18,23H,17H2,1-2H3,(H2,26,27,29). The monoisotopic (exact) mass is 402 g/mol. The van der Waals surface area contributed by atoms with Crippen molar-refractivity contribution in [3.63, 3.8) is 0 Å². The molecule has 0 saturated heterocycles. The van der Waals surface area contributed by atoms with Gasteiger partial charge in [-0.3, -0.25) is 0 Å². The number of amides is 2. The molecule has 154 valence electrons. The molecular formula is C25H26N2O3. The van der Waals surface area contributed by atoms with Crippen LogP contribution in [0.3, 0.4) is 0 Å². The molecule has 5 heteroatoms. The number of rotatable bonds is 7. The lowest BCUT2D eigenvalue weighted by Crippen LogP contribution is -2.39. The van der Waals surface area contributed by atoms with E-state index >= 15 is 0 Å². The highest BCUT2D eigenvalue weighted by Gasteiger charge is 2.19. The van der Waals surface area contributed by atoms with E-state index in [4.69, 9.17) is 4.74 Å². The van der Waals surface area contributed by atoms with Crippen molar-refractivity contribution in [2.24, 2.45) is 0 Å². The summed E-state index contributed by atoms with van der Waals surface area (Å²) < 4.78 is 5.87. The Kier molecular flexibility index (Phi) is 7.22. The van der Waals surface area contributed by atoms with Crippen LogP contribution in [0, 0.1) is 0 Å². The number of nitrogens with one attached hydrogen (secondary N) is 2. The summed E-state index contributed by atoms with van der Waals surface area (Å²) in [6.07, 6.45) is -0.485. The molecule has 0 radical (unpaired) electrons. The molecule has 0 aliphatic heterocycles. The van der Waals surface area contributed by atoms with Crippen LogP contribution in [-0.2, 0) is 11.3 Å². The normalized spacial score (nSPS) is 10.7. The largest absolute Gasteiger partial charge is 0.449 e. The summed E-state index contributed by atoms with van der Waals surface area (Å²) in [6, 6.07) is 26.3. The summed E-state index contributed by atoms with van der Waals surface area (Å²) in [4.78, 5) is 24.5. The topological polar surface area (TPSA) is 67.4 Å². The Hall–Kier alpha value is -3.60. The van der Waals surface area contributed by atoms with Crippen molar-refractivity contribution in [2.45, 2.75) is 32.5 Å². The van der Waals surface area contributed by atoms with E-state index in [2.05, 4.69) is 10.6 Å². The second-order valence-corrected chi connectivity index (χ2v) is 7.29. The van der Waals surface area contributed by atoms with E-state index in [0.717, 1.165) is 16.7 Å². The zero-order chi connectivity index (χ0) is 21.3. The second-order valence-electron chi connectivity index (χ2n) is 7.29. The number of hydrogen-bond acceptors (Lipinski definition) is 3. The molecule has 3 aromatic carbocycles. The molecule has 0 aromatic heterocycles. The first-order valence-electron chi connectivity index (χ1n) is 9.97. The van der Waals surface area contributed by atoms with E-state index in [0.29, 0.717) is 12.1 Å². The molecule has 3 rings (SSSR count). The van der Waals surface area contributed by atoms with Crippen molar-refractivity contribution in [3.05, 3.63) is 107 Å². The molecule has 3 aromatic rings. The van der Waals surface area contributed by atoms with Gasteiger partial charge in [0.1, 0.15) is 0 Å². The van der Waals surface area contributed by atoms with E-state index in [1.54, 1.807) is 12.1 Å². The third kappa shape index (κ3) is 5.95. The average molecular weight is 402 g/mol. The minimum absolute atomic E-state index is 0.0734. The maximum Gasteiger partial charge on any atom is 0.339 e. The lowest BCUT2D eigenvalue weighted by Gasteiger charge is -2.19. The van der Waals surface area contributed by atoms with Crippen molar-refractivity contribution in [1.29, 1.82) is 0 Å². The SMILES string of the molecule is CC(C)NC(=O)NCc1ccc(C(=O)OC(c2ccccc2)c2ccccc2)cc1. The van der Waals surface area contributed by atoms with Crippen molar-refractivity contribution in [3.8, 4) is 0 Å². The summed E-state index contributed by atoms with van der Waals surface area (Å²) >= 11 is 0. The molecule has 30 heavy (non-hydrogen) atoms. The Labute approximate surface area is 177 Å². The lowest BCUT2D eigenvalue weighted by molar-refractivity contribution is 0.0378. The van der Waals surface area contributed by atoms with Gasteiger partial charge in [-0.25, -0.2) is 9.59 Å². The molecule has 0 aliphatic rings. The Balaban J connectivity index is 1.68. The van der Waals surface area contributed by atoms with Gasteiger partial charge >= 0.3 is 12.0 Å². The Bertz CT molecular complexity index is 915. The fraction of sp³-hybridized carbons (Fsp3) is 0.200. The predicted octanol–water partition coefficient (Wildman–Crippen LogP) is 4.84. The number of ether oxygens (including phenoxy) is 1. The van der Waals surface area contributed by atoms with Crippen molar-refractivity contribution in [1.82, 2.24) is 10.6 Å². The van der Waals surface area contributed by atoms with Gasteiger partial charge in [0.25, 0.3) is 0 Å². The molecule has 0 spiro atoms. The third-order valence-corrected chi connectivity index (χ3v) is 4.49. The van der Waals surface area contributed by atoms with Crippen molar-refractivity contribution >= 4 is 12.0 Å². The highest BCUT2D eigenvalue weighted by atomic mass is 16.5. The number of carbonyl (C=O) groups excluding carboxylic acids is 2. The van der Waals surface area contributed by atoms with Crippen LogP contribution in [0.1, 0.15) is 47.0 Å². The van der Waals surface area contributed by atoms with E-state index in [-0.39, 0.29) is 12.1 Å². The highest BCUT2D eigenvalue weighted by Crippen LogP contribution is 2.27. The smallest absolute Gasteiger partial charge is 0.339 e. The summed E-state index contributed by atoms with van der Waals surface area (Å²) in [5.74, 6) is -0.398. The number of urea groups is 1. The molecular weight excluding hydrogens is 376 g/mol. The van der Waals surface area contributed by atoms with Crippen LogP contribution in [0.4, 0.5) is 4.79 Å². The van der Waals surface area contributed by atoms with Gasteiger partial charge in [0.15, 0.2) is 6.10 Å². The van der Waals surface area contributed by atoms with Gasteiger partial charge in [0.05, 0.1) is 5.56 Å². The van der Waals surface area contributed by atoms with Crippen LogP contribution < -0.4 is 10.6 Å². The first-order valence-corrected chi connectivity index (χ1v) is 9.97. The van der Waals surface area contributed by atoms with Gasteiger partial charge in [-0.2, -0.15) is 0 Å². The Morgan fingerprint density at radius 2 is 1.33 bits per heavy atom. The van der Waals surface area contributed by atoms with Crippen molar-refractivity contribution in [2.75, 3.05) is 0 Å². The number of carbonyl (C=O) groups is 2. The van der Waals surface area contributed by atoms with E-state index in [1.807, 2.05) is 86.6 Å². The van der Waals surface area contributed by atoms with Gasteiger partial charge in [-0.1, -0.05) is 72.8 Å². The minimum atomic E-state index is -0.485. The Morgan fingerprint density at radius 3 is 1.83 bits per heavy atom. The van der Waals surface area contributed by atoms with Gasteiger partial charge in [-0.05, 0) is 42.7 Å². The Morgan fingerprint density at radius 1 is 0.800 bits per heavy atom. The number of hydrogen-bond donors (Lipinski definition) is 2. The molecule has 2 N–H and O–H groups in total.